The molecule has 0 aliphatic carbocycles. The molecule has 0 aromatic heterocycles. The van der Waals surface area contributed by atoms with Crippen molar-refractivity contribution in [3.05, 3.63) is 48.5 Å². The first-order valence-electron chi connectivity index (χ1n) is 7.45. The van der Waals surface area contributed by atoms with Crippen LogP contribution in [0.4, 0.5) is 11.4 Å². The molecule has 0 fully saturated rings. The van der Waals surface area contributed by atoms with Crippen molar-refractivity contribution >= 4 is 11.4 Å². The van der Waals surface area contributed by atoms with E-state index in [-0.39, 0.29) is 0 Å². The third-order valence-electron chi connectivity index (χ3n) is 3.46. The minimum absolute atomic E-state index is 0.808. The largest absolute Gasteiger partial charge is 0.399 e. The van der Waals surface area contributed by atoms with Crippen LogP contribution in [0.2, 0.25) is 0 Å². The summed E-state index contributed by atoms with van der Waals surface area (Å²) in [5.74, 6) is 0. The van der Waals surface area contributed by atoms with E-state index in [1.165, 1.54) is 29.7 Å². The van der Waals surface area contributed by atoms with Crippen molar-refractivity contribution in [2.45, 2.75) is 26.7 Å². The minimum Gasteiger partial charge on any atom is -0.399 e. The first kappa shape index (κ1) is 14.4. The highest BCUT2D eigenvalue weighted by molar-refractivity contribution is 5.67. The lowest BCUT2D eigenvalue weighted by Gasteiger charge is -2.24. The Kier molecular flexibility index (Phi) is 5.05. The molecule has 0 radical (unpaired) electrons. The Labute approximate surface area is 122 Å². The summed E-state index contributed by atoms with van der Waals surface area (Å²) < 4.78 is 0. The standard InChI is InChI=1S/C18H24N2/c1-3-13-20(14-4-2)18-11-7-16(8-12-18)15-5-9-17(19)10-6-15/h5-12H,3-4,13-14,19H2,1-2H3. The van der Waals surface area contributed by atoms with E-state index in [2.05, 4.69) is 55.1 Å². The molecular formula is C18H24N2. The van der Waals surface area contributed by atoms with Gasteiger partial charge >= 0.3 is 0 Å². The molecule has 0 amide bonds. The quantitative estimate of drug-likeness (QED) is 0.778. The van der Waals surface area contributed by atoms with Crippen molar-refractivity contribution in [2.24, 2.45) is 0 Å². The number of nitrogens with two attached hydrogens (primary N) is 1. The Bertz CT molecular complexity index is 508. The first-order valence-corrected chi connectivity index (χ1v) is 7.45. The van der Waals surface area contributed by atoms with Gasteiger partial charge in [0.25, 0.3) is 0 Å². The van der Waals surface area contributed by atoms with Crippen molar-refractivity contribution in [2.75, 3.05) is 23.7 Å². The zero-order chi connectivity index (χ0) is 14.4. The molecule has 106 valence electrons. The lowest BCUT2D eigenvalue weighted by Crippen LogP contribution is -2.24. The second-order valence-corrected chi connectivity index (χ2v) is 5.16. The van der Waals surface area contributed by atoms with Crippen LogP contribution in [-0.2, 0) is 0 Å². The summed E-state index contributed by atoms with van der Waals surface area (Å²) in [5.41, 5.74) is 10.3. The Morgan fingerprint density at radius 1 is 0.750 bits per heavy atom. The maximum atomic E-state index is 5.73. The van der Waals surface area contributed by atoms with Gasteiger partial charge in [-0.3, -0.25) is 0 Å². The van der Waals surface area contributed by atoms with Crippen LogP contribution in [0.1, 0.15) is 26.7 Å². The topological polar surface area (TPSA) is 29.3 Å². The monoisotopic (exact) mass is 268 g/mol. The van der Waals surface area contributed by atoms with Crippen LogP contribution in [-0.4, -0.2) is 13.1 Å². The number of anilines is 2. The number of nitrogen functional groups attached to an aromatic ring is 1. The van der Waals surface area contributed by atoms with E-state index in [9.17, 15) is 0 Å². The molecule has 2 rings (SSSR count). The highest BCUT2D eigenvalue weighted by atomic mass is 15.1. The third-order valence-corrected chi connectivity index (χ3v) is 3.46. The summed E-state index contributed by atoms with van der Waals surface area (Å²) in [5, 5.41) is 0. The molecule has 0 aliphatic rings. The van der Waals surface area contributed by atoms with E-state index in [1.807, 2.05) is 12.1 Å². The Balaban J connectivity index is 2.18. The number of nitrogens with zero attached hydrogens (tertiary/aromatic N) is 1. The highest BCUT2D eigenvalue weighted by Crippen LogP contribution is 2.24. The molecule has 0 saturated heterocycles. The van der Waals surface area contributed by atoms with Gasteiger partial charge in [-0.25, -0.2) is 0 Å². The van der Waals surface area contributed by atoms with Gasteiger partial charge in [0.05, 0.1) is 0 Å². The highest BCUT2D eigenvalue weighted by Gasteiger charge is 2.04. The van der Waals surface area contributed by atoms with Crippen LogP contribution in [0, 0.1) is 0 Å². The van der Waals surface area contributed by atoms with Crippen molar-refractivity contribution in [3.63, 3.8) is 0 Å². The summed E-state index contributed by atoms with van der Waals surface area (Å²) in [4.78, 5) is 2.45. The summed E-state index contributed by atoms with van der Waals surface area (Å²) >= 11 is 0. The van der Waals surface area contributed by atoms with Crippen LogP contribution in [0.25, 0.3) is 11.1 Å². The van der Waals surface area contributed by atoms with Gasteiger partial charge in [-0.05, 0) is 48.2 Å². The zero-order valence-electron chi connectivity index (χ0n) is 12.5. The summed E-state index contributed by atoms with van der Waals surface area (Å²) in [7, 11) is 0. The van der Waals surface area contributed by atoms with Gasteiger partial charge in [0.1, 0.15) is 0 Å². The Hall–Kier alpha value is -1.96. The van der Waals surface area contributed by atoms with Gasteiger partial charge in [-0.15, -0.1) is 0 Å². The smallest absolute Gasteiger partial charge is 0.0366 e. The van der Waals surface area contributed by atoms with Crippen molar-refractivity contribution in [3.8, 4) is 11.1 Å². The van der Waals surface area contributed by atoms with Gasteiger partial charge < -0.3 is 10.6 Å². The predicted octanol–water partition coefficient (Wildman–Crippen LogP) is 4.56. The lowest BCUT2D eigenvalue weighted by molar-refractivity contribution is 0.745. The minimum atomic E-state index is 0.808. The van der Waals surface area contributed by atoms with Crippen LogP contribution < -0.4 is 10.6 Å². The van der Waals surface area contributed by atoms with Crippen LogP contribution >= 0.6 is 0 Å². The average Bonchev–Trinajstić information content (AvgIpc) is 2.48. The molecule has 0 aliphatic heterocycles. The second kappa shape index (κ2) is 6.99. The fourth-order valence-corrected chi connectivity index (χ4v) is 2.45. The van der Waals surface area contributed by atoms with Crippen LogP contribution in [0.5, 0.6) is 0 Å². The van der Waals surface area contributed by atoms with Crippen molar-refractivity contribution in [1.29, 1.82) is 0 Å². The molecule has 0 saturated carbocycles. The Morgan fingerprint density at radius 3 is 1.65 bits per heavy atom. The second-order valence-electron chi connectivity index (χ2n) is 5.16. The molecule has 20 heavy (non-hydrogen) atoms. The molecular weight excluding hydrogens is 244 g/mol. The number of hydrogen-bond donors (Lipinski definition) is 1. The normalized spacial score (nSPS) is 10.5. The number of benzene rings is 2. The number of hydrogen-bond acceptors (Lipinski definition) is 2. The molecule has 2 N–H and O–H groups in total. The maximum absolute atomic E-state index is 5.73. The van der Waals surface area contributed by atoms with E-state index in [0.29, 0.717) is 0 Å². The molecule has 2 heteroatoms. The molecule has 0 spiro atoms. The molecule has 2 nitrogen and oxygen atoms in total. The van der Waals surface area contributed by atoms with Crippen molar-refractivity contribution in [1.82, 2.24) is 0 Å². The fourth-order valence-electron chi connectivity index (χ4n) is 2.45. The SMILES string of the molecule is CCCN(CCC)c1ccc(-c2ccc(N)cc2)cc1. The van der Waals surface area contributed by atoms with E-state index in [1.54, 1.807) is 0 Å². The van der Waals surface area contributed by atoms with Crippen LogP contribution in [0.15, 0.2) is 48.5 Å². The third kappa shape index (κ3) is 3.53. The first-order chi connectivity index (χ1) is 9.74. The molecule has 0 unspecified atom stereocenters. The molecule has 0 atom stereocenters. The average molecular weight is 268 g/mol. The molecule has 0 bridgehead atoms. The molecule has 2 aromatic rings. The number of rotatable bonds is 6. The van der Waals surface area contributed by atoms with E-state index >= 15 is 0 Å². The molecule has 2 aromatic carbocycles. The summed E-state index contributed by atoms with van der Waals surface area (Å²) in [6, 6.07) is 16.9. The summed E-state index contributed by atoms with van der Waals surface area (Å²) in [6.45, 7) is 6.70. The predicted molar refractivity (Wildman–Crippen MR) is 89.1 cm³/mol. The molecule has 0 heterocycles. The van der Waals surface area contributed by atoms with Gasteiger partial charge in [-0.2, -0.15) is 0 Å². The van der Waals surface area contributed by atoms with Crippen molar-refractivity contribution < 1.29 is 0 Å². The zero-order valence-corrected chi connectivity index (χ0v) is 12.5. The van der Waals surface area contributed by atoms with E-state index in [0.717, 1.165) is 18.8 Å². The lowest BCUT2D eigenvalue weighted by atomic mass is 10.0. The van der Waals surface area contributed by atoms with E-state index < -0.39 is 0 Å². The fraction of sp³-hybridized carbons (Fsp3) is 0.333. The van der Waals surface area contributed by atoms with E-state index in [4.69, 9.17) is 5.73 Å². The van der Waals surface area contributed by atoms with Gasteiger partial charge in [0.2, 0.25) is 0 Å². The maximum Gasteiger partial charge on any atom is 0.0366 e. The summed E-state index contributed by atoms with van der Waals surface area (Å²) in [6.07, 6.45) is 2.36. The van der Waals surface area contributed by atoms with Crippen LogP contribution in [0.3, 0.4) is 0 Å². The van der Waals surface area contributed by atoms with Gasteiger partial charge in [0, 0.05) is 24.5 Å². The van der Waals surface area contributed by atoms with Gasteiger partial charge in [0.15, 0.2) is 0 Å². The Morgan fingerprint density at radius 2 is 1.20 bits per heavy atom. The van der Waals surface area contributed by atoms with Gasteiger partial charge in [-0.1, -0.05) is 38.1 Å².